The summed E-state index contributed by atoms with van der Waals surface area (Å²) in [5.41, 5.74) is 3.16. The smallest absolute Gasteiger partial charge is 0.307 e. The molecule has 0 unspecified atom stereocenters. The molecule has 9 nitrogen and oxygen atoms in total. The Morgan fingerprint density at radius 3 is 2.06 bits per heavy atom. The van der Waals surface area contributed by atoms with Gasteiger partial charge in [-0.15, -0.1) is 0 Å². The Morgan fingerprint density at radius 1 is 0.941 bits per heavy atom. The van der Waals surface area contributed by atoms with Crippen LogP contribution in [0.5, 0.6) is 5.75 Å². The van der Waals surface area contributed by atoms with Gasteiger partial charge in [0.05, 0.1) is 36.4 Å². The first-order valence-corrected chi connectivity index (χ1v) is 10.8. The molecule has 0 atom stereocenters. The second kappa shape index (κ2) is 12.1. The monoisotopic (exact) mass is 462 g/mol. The van der Waals surface area contributed by atoms with Gasteiger partial charge in [0.15, 0.2) is 0 Å². The third-order valence-electron chi connectivity index (χ3n) is 4.98. The molecule has 3 aromatic carbocycles. The molecule has 0 fully saturated rings. The summed E-state index contributed by atoms with van der Waals surface area (Å²) >= 11 is 0. The van der Waals surface area contributed by atoms with Gasteiger partial charge in [0.25, 0.3) is 5.69 Å². The van der Waals surface area contributed by atoms with E-state index in [0.29, 0.717) is 31.1 Å². The Hall–Kier alpha value is -4.27. The zero-order chi connectivity index (χ0) is 24.3. The number of rotatable bonds is 11. The fraction of sp³-hybridized carbons (Fsp3) is 0.240. The average molecular weight is 463 g/mol. The van der Waals surface area contributed by atoms with E-state index in [2.05, 4.69) is 15.1 Å². The summed E-state index contributed by atoms with van der Waals surface area (Å²) in [6.45, 7) is 3.24. The number of ether oxygens (including phenoxy) is 2. The number of nitro groups is 1. The van der Waals surface area contributed by atoms with Crippen LogP contribution in [0.25, 0.3) is 0 Å². The predicted molar refractivity (Wildman–Crippen MR) is 129 cm³/mol. The molecule has 0 radical (unpaired) electrons. The number of methoxy groups -OCH3 is 1. The van der Waals surface area contributed by atoms with Crippen LogP contribution in [0, 0.1) is 10.1 Å². The fourth-order valence-corrected chi connectivity index (χ4v) is 3.20. The number of nitrogens with zero attached hydrogens (tertiary/aromatic N) is 4. The summed E-state index contributed by atoms with van der Waals surface area (Å²) in [6, 6.07) is 21.1. The maximum atomic E-state index is 11.9. The minimum atomic E-state index is -0.459. The normalized spacial score (nSPS) is 10.8. The van der Waals surface area contributed by atoms with E-state index >= 15 is 0 Å². The first-order chi connectivity index (χ1) is 16.5. The summed E-state index contributed by atoms with van der Waals surface area (Å²) in [5, 5.41) is 19.1. The molecule has 0 N–H and O–H groups in total. The molecule has 0 heterocycles. The second-order valence-corrected chi connectivity index (χ2v) is 7.31. The van der Waals surface area contributed by atoms with Crippen molar-refractivity contribution >= 4 is 28.7 Å². The Balaban J connectivity index is 1.72. The van der Waals surface area contributed by atoms with Crippen LogP contribution in [-0.4, -0.2) is 31.2 Å². The number of hydrogen-bond donors (Lipinski definition) is 0. The third kappa shape index (κ3) is 7.13. The highest BCUT2D eigenvalue weighted by molar-refractivity contribution is 5.70. The van der Waals surface area contributed by atoms with Gasteiger partial charge < -0.3 is 14.4 Å². The van der Waals surface area contributed by atoms with Crippen LogP contribution in [0.3, 0.4) is 0 Å². The van der Waals surface area contributed by atoms with Gasteiger partial charge in [0.2, 0.25) is 0 Å². The summed E-state index contributed by atoms with van der Waals surface area (Å²) in [6.07, 6.45) is 0.269. The number of hydrogen-bond acceptors (Lipinski definition) is 8. The van der Waals surface area contributed by atoms with Crippen molar-refractivity contribution in [2.24, 2.45) is 10.2 Å². The molecule has 0 saturated carbocycles. The van der Waals surface area contributed by atoms with E-state index < -0.39 is 4.92 Å². The molecule has 3 rings (SSSR count). The number of esters is 1. The van der Waals surface area contributed by atoms with Crippen LogP contribution in [0.4, 0.5) is 22.7 Å². The summed E-state index contributed by atoms with van der Waals surface area (Å²) in [5.74, 6) is 0.542. The van der Waals surface area contributed by atoms with Gasteiger partial charge in [0.1, 0.15) is 5.75 Å². The predicted octanol–water partition coefficient (Wildman–Crippen LogP) is 5.98. The molecule has 34 heavy (non-hydrogen) atoms. The molecule has 0 saturated heterocycles. The van der Waals surface area contributed by atoms with E-state index in [9.17, 15) is 14.9 Å². The number of carbonyl (C=O) groups is 1. The maximum Gasteiger partial charge on any atom is 0.307 e. The second-order valence-electron chi connectivity index (χ2n) is 7.31. The molecule has 3 aromatic rings. The highest BCUT2D eigenvalue weighted by Crippen LogP contribution is 2.25. The fourth-order valence-electron chi connectivity index (χ4n) is 3.20. The van der Waals surface area contributed by atoms with E-state index in [1.807, 2.05) is 48.5 Å². The lowest BCUT2D eigenvalue weighted by Crippen LogP contribution is -2.26. The van der Waals surface area contributed by atoms with Gasteiger partial charge in [-0.05, 0) is 61.0 Å². The number of non-ortho nitro benzene ring substituents is 1. The van der Waals surface area contributed by atoms with E-state index in [0.717, 1.165) is 17.0 Å². The van der Waals surface area contributed by atoms with Crippen molar-refractivity contribution in [3.05, 3.63) is 88.5 Å². The first kappa shape index (κ1) is 24.4. The SMILES string of the molecule is CCOC(=O)CCN(Cc1ccc(OC)cc1)c1ccc(N=Nc2ccc([N+](=O)[O-])cc2)cc1. The van der Waals surface area contributed by atoms with Crippen molar-refractivity contribution in [3.63, 3.8) is 0 Å². The molecular formula is C25H26N4O5. The molecule has 0 spiro atoms. The maximum absolute atomic E-state index is 11.9. The highest BCUT2D eigenvalue weighted by Gasteiger charge is 2.12. The highest BCUT2D eigenvalue weighted by atomic mass is 16.6. The average Bonchev–Trinajstić information content (AvgIpc) is 2.86. The van der Waals surface area contributed by atoms with Crippen molar-refractivity contribution in [1.29, 1.82) is 0 Å². The lowest BCUT2D eigenvalue weighted by molar-refractivity contribution is -0.384. The summed E-state index contributed by atoms with van der Waals surface area (Å²) in [7, 11) is 1.63. The molecule has 0 aliphatic carbocycles. The van der Waals surface area contributed by atoms with Crippen molar-refractivity contribution < 1.29 is 19.2 Å². The molecule has 0 aromatic heterocycles. The van der Waals surface area contributed by atoms with Crippen LogP contribution >= 0.6 is 0 Å². The molecule has 0 aliphatic rings. The topological polar surface area (TPSA) is 107 Å². The molecule has 9 heteroatoms. The van der Waals surface area contributed by atoms with Crippen LogP contribution in [0.15, 0.2) is 83.0 Å². The van der Waals surface area contributed by atoms with E-state index in [1.54, 1.807) is 26.2 Å². The van der Waals surface area contributed by atoms with Crippen LogP contribution in [0.1, 0.15) is 18.9 Å². The standard InChI is InChI=1S/C25H26N4O5/c1-3-34-25(30)16-17-28(18-19-4-14-24(33-2)15-5-19)22-10-6-20(7-11-22)26-27-21-8-12-23(13-9-21)29(31)32/h4-15H,3,16-18H2,1-2H3. The number of anilines is 1. The van der Waals surface area contributed by atoms with Gasteiger partial charge in [0, 0.05) is 30.9 Å². The van der Waals surface area contributed by atoms with Crippen LogP contribution in [0.2, 0.25) is 0 Å². The number of carbonyl (C=O) groups excluding carboxylic acids is 1. The Morgan fingerprint density at radius 2 is 1.53 bits per heavy atom. The first-order valence-electron chi connectivity index (χ1n) is 10.8. The number of nitro benzene ring substituents is 1. The van der Waals surface area contributed by atoms with Gasteiger partial charge in [-0.25, -0.2) is 0 Å². The Labute approximate surface area is 197 Å². The zero-order valence-electron chi connectivity index (χ0n) is 19.1. The quantitative estimate of drug-likeness (QED) is 0.150. The Bertz CT molecular complexity index is 1110. The van der Waals surface area contributed by atoms with E-state index in [1.165, 1.54) is 12.1 Å². The lowest BCUT2D eigenvalue weighted by atomic mass is 10.1. The van der Waals surface area contributed by atoms with Crippen molar-refractivity contribution in [1.82, 2.24) is 0 Å². The third-order valence-corrected chi connectivity index (χ3v) is 4.98. The van der Waals surface area contributed by atoms with Gasteiger partial charge in [-0.3, -0.25) is 14.9 Å². The van der Waals surface area contributed by atoms with Gasteiger partial charge >= 0.3 is 5.97 Å². The molecule has 0 aliphatic heterocycles. The lowest BCUT2D eigenvalue weighted by Gasteiger charge is -2.25. The number of azo groups is 1. The molecule has 0 amide bonds. The van der Waals surface area contributed by atoms with E-state index in [-0.39, 0.29) is 18.1 Å². The van der Waals surface area contributed by atoms with Gasteiger partial charge in [-0.2, -0.15) is 10.2 Å². The van der Waals surface area contributed by atoms with Crippen LogP contribution in [-0.2, 0) is 16.1 Å². The van der Waals surface area contributed by atoms with Gasteiger partial charge in [-0.1, -0.05) is 12.1 Å². The van der Waals surface area contributed by atoms with Crippen LogP contribution < -0.4 is 9.64 Å². The minimum Gasteiger partial charge on any atom is -0.497 e. The largest absolute Gasteiger partial charge is 0.497 e. The summed E-state index contributed by atoms with van der Waals surface area (Å²) < 4.78 is 10.3. The van der Waals surface area contributed by atoms with Crippen molar-refractivity contribution in [3.8, 4) is 5.75 Å². The molecular weight excluding hydrogens is 436 g/mol. The summed E-state index contributed by atoms with van der Waals surface area (Å²) in [4.78, 5) is 24.3. The minimum absolute atomic E-state index is 0.00285. The van der Waals surface area contributed by atoms with E-state index in [4.69, 9.17) is 9.47 Å². The van der Waals surface area contributed by atoms with Crippen molar-refractivity contribution in [2.75, 3.05) is 25.2 Å². The number of benzene rings is 3. The molecule has 176 valence electrons. The zero-order valence-corrected chi connectivity index (χ0v) is 19.1. The van der Waals surface area contributed by atoms with Crippen molar-refractivity contribution in [2.45, 2.75) is 19.9 Å². The Kier molecular flexibility index (Phi) is 8.67. The molecule has 0 bridgehead atoms.